The zero-order chi connectivity index (χ0) is 10.8. The molecule has 1 unspecified atom stereocenters. The van der Waals surface area contributed by atoms with Gasteiger partial charge in [-0.1, -0.05) is 13.8 Å². The van der Waals surface area contributed by atoms with Gasteiger partial charge in [0.25, 0.3) is 0 Å². The highest BCUT2D eigenvalue weighted by atomic mass is 16.1. The maximum absolute atomic E-state index is 11.3. The van der Waals surface area contributed by atoms with E-state index in [1.165, 1.54) is 6.42 Å². The lowest BCUT2D eigenvalue weighted by Gasteiger charge is -2.10. The van der Waals surface area contributed by atoms with Crippen LogP contribution in [0.4, 0.5) is 0 Å². The number of rotatable bonds is 3. The second-order valence-corrected chi connectivity index (χ2v) is 4.69. The first-order chi connectivity index (χ1) is 7.16. The molecule has 84 valence electrons. The number of aromatic amines is 2. The van der Waals surface area contributed by atoms with Crippen molar-refractivity contribution in [3.63, 3.8) is 0 Å². The second kappa shape index (κ2) is 4.23. The van der Waals surface area contributed by atoms with Crippen LogP contribution in [0.15, 0.2) is 4.79 Å². The number of nitrogens with one attached hydrogen (secondary N) is 3. The van der Waals surface area contributed by atoms with Crippen molar-refractivity contribution in [2.45, 2.75) is 32.6 Å². The number of hydrogen-bond donors (Lipinski definition) is 3. The fourth-order valence-electron chi connectivity index (χ4n) is 2.26. The molecule has 1 atom stereocenters. The molecule has 4 nitrogen and oxygen atoms in total. The molecule has 0 aromatic carbocycles. The van der Waals surface area contributed by atoms with Crippen molar-refractivity contribution in [1.82, 2.24) is 15.3 Å². The van der Waals surface area contributed by atoms with Gasteiger partial charge >= 0.3 is 5.69 Å². The van der Waals surface area contributed by atoms with Gasteiger partial charge in [0.1, 0.15) is 0 Å². The highest BCUT2D eigenvalue weighted by Crippen LogP contribution is 2.19. The topological polar surface area (TPSA) is 60.7 Å². The first-order valence-electron chi connectivity index (χ1n) is 5.68. The normalized spacial score (nSPS) is 21.4. The van der Waals surface area contributed by atoms with E-state index >= 15 is 0 Å². The Hall–Kier alpha value is -1.03. The molecule has 2 heterocycles. The molecule has 1 aromatic rings. The molecule has 2 rings (SSSR count). The van der Waals surface area contributed by atoms with Gasteiger partial charge < -0.3 is 15.3 Å². The summed E-state index contributed by atoms with van der Waals surface area (Å²) in [6, 6.07) is 0. The quantitative estimate of drug-likeness (QED) is 0.695. The lowest BCUT2D eigenvalue weighted by molar-refractivity contribution is 0.567. The fourth-order valence-corrected chi connectivity index (χ4v) is 2.26. The van der Waals surface area contributed by atoms with Crippen molar-refractivity contribution >= 4 is 0 Å². The van der Waals surface area contributed by atoms with E-state index in [2.05, 4.69) is 29.1 Å². The number of hydrogen-bond acceptors (Lipinski definition) is 2. The van der Waals surface area contributed by atoms with Gasteiger partial charge in [0.2, 0.25) is 0 Å². The Bertz CT molecular complexity index is 371. The fraction of sp³-hybridized carbons (Fsp3) is 0.727. The average molecular weight is 209 g/mol. The Morgan fingerprint density at radius 3 is 2.80 bits per heavy atom. The van der Waals surface area contributed by atoms with E-state index in [1.54, 1.807) is 0 Å². The summed E-state index contributed by atoms with van der Waals surface area (Å²) in [5.74, 6) is 1.06. The van der Waals surface area contributed by atoms with Crippen molar-refractivity contribution in [3.8, 4) is 0 Å². The Labute approximate surface area is 89.5 Å². The molecule has 0 spiro atoms. The van der Waals surface area contributed by atoms with Crippen LogP contribution in [0.5, 0.6) is 0 Å². The third-order valence-corrected chi connectivity index (χ3v) is 3.07. The van der Waals surface area contributed by atoms with Gasteiger partial charge in [0.15, 0.2) is 0 Å². The van der Waals surface area contributed by atoms with Gasteiger partial charge in [-0.15, -0.1) is 0 Å². The summed E-state index contributed by atoms with van der Waals surface area (Å²) in [4.78, 5) is 17.1. The molecule has 15 heavy (non-hydrogen) atoms. The molecule has 0 radical (unpaired) electrons. The molecule has 0 bridgehead atoms. The maximum atomic E-state index is 11.3. The smallest absolute Gasteiger partial charge is 0.316 e. The summed E-state index contributed by atoms with van der Waals surface area (Å²) >= 11 is 0. The number of aromatic nitrogens is 2. The maximum Gasteiger partial charge on any atom is 0.323 e. The van der Waals surface area contributed by atoms with Crippen LogP contribution < -0.4 is 11.0 Å². The molecule has 3 N–H and O–H groups in total. The van der Waals surface area contributed by atoms with Crippen molar-refractivity contribution in [1.29, 1.82) is 0 Å². The Kier molecular flexibility index (Phi) is 2.95. The number of imidazole rings is 1. The zero-order valence-electron chi connectivity index (χ0n) is 9.39. The van der Waals surface area contributed by atoms with E-state index in [0.717, 1.165) is 30.9 Å². The first kappa shape index (κ1) is 10.5. The predicted octanol–water partition coefficient (Wildman–Crippen LogP) is 0.978. The van der Waals surface area contributed by atoms with E-state index in [9.17, 15) is 4.79 Å². The Balaban J connectivity index is 2.15. The largest absolute Gasteiger partial charge is 0.323 e. The zero-order valence-corrected chi connectivity index (χ0v) is 9.39. The van der Waals surface area contributed by atoms with Crippen LogP contribution in [0.3, 0.4) is 0 Å². The van der Waals surface area contributed by atoms with Crippen LogP contribution in [0.1, 0.15) is 37.6 Å². The molecular weight excluding hydrogens is 190 g/mol. The van der Waals surface area contributed by atoms with Gasteiger partial charge in [-0.3, -0.25) is 0 Å². The van der Waals surface area contributed by atoms with Crippen molar-refractivity contribution < 1.29 is 0 Å². The first-order valence-corrected chi connectivity index (χ1v) is 5.68. The molecule has 1 saturated heterocycles. The molecule has 4 heteroatoms. The third-order valence-electron chi connectivity index (χ3n) is 3.07. The van der Waals surface area contributed by atoms with Gasteiger partial charge in [0.05, 0.1) is 0 Å². The average Bonchev–Trinajstić information content (AvgIpc) is 2.75. The van der Waals surface area contributed by atoms with E-state index in [1.807, 2.05) is 0 Å². The molecule has 1 aliphatic rings. The molecule has 1 aliphatic heterocycles. The summed E-state index contributed by atoms with van der Waals surface area (Å²) < 4.78 is 0. The van der Waals surface area contributed by atoms with Crippen LogP contribution in [0.2, 0.25) is 0 Å². The van der Waals surface area contributed by atoms with Crippen LogP contribution in [0.25, 0.3) is 0 Å². The molecule has 0 amide bonds. The van der Waals surface area contributed by atoms with E-state index < -0.39 is 0 Å². The third kappa shape index (κ3) is 2.31. The van der Waals surface area contributed by atoms with Gasteiger partial charge in [-0.05, 0) is 37.8 Å². The SMILES string of the molecule is CC(C)c1[nH]c(=O)[nH]c1CC1CCNC1. The molecule has 1 aromatic heterocycles. The van der Waals surface area contributed by atoms with Crippen LogP contribution in [-0.4, -0.2) is 23.1 Å². The van der Waals surface area contributed by atoms with Crippen molar-refractivity contribution in [3.05, 3.63) is 21.9 Å². The minimum Gasteiger partial charge on any atom is -0.316 e. The number of H-pyrrole nitrogens is 2. The van der Waals surface area contributed by atoms with Gasteiger partial charge in [0, 0.05) is 11.4 Å². The Morgan fingerprint density at radius 1 is 1.40 bits per heavy atom. The lowest BCUT2D eigenvalue weighted by atomic mass is 9.98. The molecule has 1 fully saturated rings. The Morgan fingerprint density at radius 2 is 2.20 bits per heavy atom. The van der Waals surface area contributed by atoms with E-state index in [-0.39, 0.29) is 5.69 Å². The van der Waals surface area contributed by atoms with E-state index in [4.69, 9.17) is 0 Å². The van der Waals surface area contributed by atoms with Crippen LogP contribution in [-0.2, 0) is 6.42 Å². The van der Waals surface area contributed by atoms with E-state index in [0.29, 0.717) is 11.8 Å². The monoisotopic (exact) mass is 209 g/mol. The standard InChI is InChI=1S/C11H19N3O/c1-7(2)10-9(13-11(15)14-10)5-8-3-4-12-6-8/h7-8,12H,3-6H2,1-2H3,(H2,13,14,15). The lowest BCUT2D eigenvalue weighted by Crippen LogP contribution is -2.12. The van der Waals surface area contributed by atoms with Crippen molar-refractivity contribution in [2.24, 2.45) is 5.92 Å². The van der Waals surface area contributed by atoms with Crippen LogP contribution >= 0.6 is 0 Å². The van der Waals surface area contributed by atoms with Gasteiger partial charge in [-0.25, -0.2) is 4.79 Å². The molecule has 0 aliphatic carbocycles. The minimum atomic E-state index is -0.0698. The summed E-state index contributed by atoms with van der Waals surface area (Å²) in [6.07, 6.45) is 2.20. The predicted molar refractivity (Wildman–Crippen MR) is 60.2 cm³/mol. The second-order valence-electron chi connectivity index (χ2n) is 4.69. The summed E-state index contributed by atoms with van der Waals surface area (Å²) in [5.41, 5.74) is 2.11. The minimum absolute atomic E-state index is 0.0698. The van der Waals surface area contributed by atoms with Crippen LogP contribution in [0, 0.1) is 5.92 Å². The van der Waals surface area contributed by atoms with Crippen molar-refractivity contribution in [2.75, 3.05) is 13.1 Å². The summed E-state index contributed by atoms with van der Waals surface area (Å²) in [6.45, 7) is 6.39. The highest BCUT2D eigenvalue weighted by molar-refractivity contribution is 5.15. The van der Waals surface area contributed by atoms with Gasteiger partial charge in [-0.2, -0.15) is 0 Å². The summed E-state index contributed by atoms with van der Waals surface area (Å²) in [5, 5.41) is 3.35. The summed E-state index contributed by atoms with van der Waals surface area (Å²) in [7, 11) is 0. The molecular formula is C11H19N3O. The molecule has 0 saturated carbocycles. The highest BCUT2D eigenvalue weighted by Gasteiger charge is 2.19.